The predicted octanol–water partition coefficient (Wildman–Crippen LogP) is 3.43. The van der Waals surface area contributed by atoms with Gasteiger partial charge in [0.15, 0.2) is 0 Å². The number of amides is 2. The number of carbonyl (C=O) groups is 1. The zero-order valence-electron chi connectivity index (χ0n) is 14.1. The maximum absolute atomic E-state index is 12.6. The standard InChI is InChI=1S/C19H24N4O/c1-22(14-7-3-2-4-8-14)19(24)21-12-18-16-10-6-5-9-15(16)17-11-20-13-23(17)18/h5-6,9-11,13-14,18H,2-4,7-8,12H2,1H3,(H,21,24)/t18-/m1/s1. The van der Waals surface area contributed by atoms with E-state index in [0.29, 0.717) is 12.6 Å². The Hall–Kier alpha value is -2.30. The number of imidazole rings is 1. The van der Waals surface area contributed by atoms with Crippen LogP contribution in [0.5, 0.6) is 0 Å². The van der Waals surface area contributed by atoms with Crippen molar-refractivity contribution in [2.75, 3.05) is 13.6 Å². The number of nitrogens with one attached hydrogen (secondary N) is 1. The van der Waals surface area contributed by atoms with Crippen LogP contribution in [0, 0.1) is 0 Å². The molecule has 1 aromatic heterocycles. The van der Waals surface area contributed by atoms with E-state index in [9.17, 15) is 4.79 Å². The van der Waals surface area contributed by atoms with Gasteiger partial charge < -0.3 is 14.8 Å². The summed E-state index contributed by atoms with van der Waals surface area (Å²) in [4.78, 5) is 18.7. The summed E-state index contributed by atoms with van der Waals surface area (Å²) in [5.41, 5.74) is 3.61. The van der Waals surface area contributed by atoms with Gasteiger partial charge in [-0.2, -0.15) is 0 Å². The highest BCUT2D eigenvalue weighted by Crippen LogP contribution is 2.38. The Morgan fingerprint density at radius 3 is 2.92 bits per heavy atom. The molecular weight excluding hydrogens is 300 g/mol. The van der Waals surface area contributed by atoms with E-state index in [1.165, 1.54) is 30.4 Å². The molecule has 0 saturated heterocycles. The molecule has 1 saturated carbocycles. The van der Waals surface area contributed by atoms with Gasteiger partial charge in [-0.1, -0.05) is 43.5 Å². The van der Waals surface area contributed by atoms with Crippen LogP contribution in [0.1, 0.15) is 43.7 Å². The van der Waals surface area contributed by atoms with E-state index in [4.69, 9.17) is 0 Å². The number of aromatic nitrogens is 2. The van der Waals surface area contributed by atoms with Gasteiger partial charge in [0.25, 0.3) is 0 Å². The number of urea groups is 1. The quantitative estimate of drug-likeness (QED) is 0.940. The molecule has 2 aliphatic rings. The minimum atomic E-state index is 0.0351. The number of rotatable bonds is 3. The average Bonchev–Trinajstić information content (AvgIpc) is 3.21. The molecule has 2 aromatic rings. The van der Waals surface area contributed by atoms with Crippen LogP contribution in [0.4, 0.5) is 4.79 Å². The third kappa shape index (κ3) is 2.58. The molecule has 0 bridgehead atoms. The Morgan fingerprint density at radius 2 is 2.08 bits per heavy atom. The Balaban J connectivity index is 1.45. The van der Waals surface area contributed by atoms with Crippen LogP contribution in [-0.2, 0) is 0 Å². The molecule has 1 aliphatic heterocycles. The van der Waals surface area contributed by atoms with Gasteiger partial charge in [0.1, 0.15) is 0 Å². The predicted molar refractivity (Wildman–Crippen MR) is 93.8 cm³/mol. The van der Waals surface area contributed by atoms with Crippen molar-refractivity contribution in [3.8, 4) is 11.3 Å². The molecule has 1 aromatic carbocycles. The molecule has 1 aliphatic carbocycles. The molecule has 2 heterocycles. The number of nitrogens with zero attached hydrogens (tertiary/aromatic N) is 3. The van der Waals surface area contributed by atoms with E-state index in [-0.39, 0.29) is 12.1 Å². The lowest BCUT2D eigenvalue weighted by molar-refractivity contribution is 0.173. The van der Waals surface area contributed by atoms with E-state index < -0.39 is 0 Å². The third-order valence-corrected chi connectivity index (χ3v) is 5.49. The highest BCUT2D eigenvalue weighted by atomic mass is 16.2. The minimum absolute atomic E-state index is 0.0351. The minimum Gasteiger partial charge on any atom is -0.336 e. The molecule has 4 rings (SSSR count). The van der Waals surface area contributed by atoms with Crippen LogP contribution in [0.3, 0.4) is 0 Å². The van der Waals surface area contributed by atoms with Crippen molar-refractivity contribution in [3.05, 3.63) is 42.4 Å². The van der Waals surface area contributed by atoms with Gasteiger partial charge in [-0.05, 0) is 18.4 Å². The van der Waals surface area contributed by atoms with Gasteiger partial charge in [0, 0.05) is 25.2 Å². The maximum atomic E-state index is 12.6. The van der Waals surface area contributed by atoms with Crippen LogP contribution in [0.15, 0.2) is 36.8 Å². The second-order valence-electron chi connectivity index (χ2n) is 6.88. The Kier molecular flexibility index (Phi) is 4.00. The molecule has 2 amide bonds. The smallest absolute Gasteiger partial charge is 0.317 e. The Labute approximate surface area is 142 Å². The third-order valence-electron chi connectivity index (χ3n) is 5.49. The summed E-state index contributed by atoms with van der Waals surface area (Å²) >= 11 is 0. The molecule has 1 N–H and O–H groups in total. The summed E-state index contributed by atoms with van der Waals surface area (Å²) in [6.07, 6.45) is 9.77. The molecule has 24 heavy (non-hydrogen) atoms. The summed E-state index contributed by atoms with van der Waals surface area (Å²) in [6.45, 7) is 0.594. The van der Waals surface area contributed by atoms with E-state index in [2.05, 4.69) is 33.1 Å². The fraction of sp³-hybridized carbons (Fsp3) is 0.474. The summed E-state index contributed by atoms with van der Waals surface area (Å²) < 4.78 is 2.16. The summed E-state index contributed by atoms with van der Waals surface area (Å²) in [7, 11) is 1.93. The van der Waals surface area contributed by atoms with Gasteiger partial charge in [0.05, 0.1) is 24.3 Å². The van der Waals surface area contributed by atoms with Crippen molar-refractivity contribution < 1.29 is 4.79 Å². The van der Waals surface area contributed by atoms with Crippen molar-refractivity contribution >= 4 is 6.03 Å². The Bertz CT molecular complexity index is 732. The van der Waals surface area contributed by atoms with Crippen LogP contribution in [-0.4, -0.2) is 40.1 Å². The van der Waals surface area contributed by atoms with Crippen molar-refractivity contribution in [2.45, 2.75) is 44.2 Å². The lowest BCUT2D eigenvalue weighted by atomic mass is 9.95. The Morgan fingerprint density at radius 1 is 1.29 bits per heavy atom. The first-order valence-electron chi connectivity index (χ1n) is 8.87. The highest BCUT2D eigenvalue weighted by Gasteiger charge is 2.29. The first-order chi connectivity index (χ1) is 11.8. The first kappa shape index (κ1) is 15.2. The van der Waals surface area contributed by atoms with Gasteiger partial charge in [0.2, 0.25) is 0 Å². The number of fused-ring (bicyclic) bond motifs is 3. The van der Waals surface area contributed by atoms with Gasteiger partial charge in [-0.15, -0.1) is 0 Å². The number of hydrogen-bond acceptors (Lipinski definition) is 2. The lowest BCUT2D eigenvalue weighted by Crippen LogP contribution is -2.45. The zero-order chi connectivity index (χ0) is 16.5. The maximum Gasteiger partial charge on any atom is 0.317 e. The van der Waals surface area contributed by atoms with E-state index in [1.54, 1.807) is 0 Å². The monoisotopic (exact) mass is 324 g/mol. The molecule has 126 valence electrons. The first-order valence-corrected chi connectivity index (χ1v) is 8.87. The molecule has 0 radical (unpaired) electrons. The van der Waals surface area contributed by atoms with Crippen molar-refractivity contribution in [1.29, 1.82) is 0 Å². The summed E-state index contributed by atoms with van der Waals surface area (Å²) in [5, 5.41) is 3.13. The van der Waals surface area contributed by atoms with Crippen LogP contribution in [0.25, 0.3) is 11.3 Å². The number of hydrogen-bond donors (Lipinski definition) is 1. The molecule has 1 atom stereocenters. The molecule has 1 fully saturated rings. The molecular formula is C19H24N4O. The molecule has 5 heteroatoms. The van der Waals surface area contributed by atoms with Crippen LogP contribution >= 0.6 is 0 Å². The number of carbonyl (C=O) groups excluding carboxylic acids is 1. The second-order valence-corrected chi connectivity index (χ2v) is 6.88. The fourth-order valence-electron chi connectivity index (χ4n) is 4.08. The van der Waals surface area contributed by atoms with Crippen molar-refractivity contribution in [1.82, 2.24) is 19.8 Å². The van der Waals surface area contributed by atoms with E-state index in [1.807, 2.05) is 30.5 Å². The average molecular weight is 324 g/mol. The molecule has 0 spiro atoms. The van der Waals surface area contributed by atoms with Crippen LogP contribution < -0.4 is 5.32 Å². The van der Waals surface area contributed by atoms with E-state index in [0.717, 1.165) is 18.5 Å². The van der Waals surface area contributed by atoms with E-state index >= 15 is 0 Å². The van der Waals surface area contributed by atoms with Crippen molar-refractivity contribution in [3.63, 3.8) is 0 Å². The van der Waals surface area contributed by atoms with Gasteiger partial charge in [-0.3, -0.25) is 0 Å². The van der Waals surface area contributed by atoms with Gasteiger partial charge >= 0.3 is 6.03 Å². The van der Waals surface area contributed by atoms with Crippen LogP contribution in [0.2, 0.25) is 0 Å². The zero-order valence-corrected chi connectivity index (χ0v) is 14.1. The molecule has 5 nitrogen and oxygen atoms in total. The molecule has 0 unspecified atom stereocenters. The summed E-state index contributed by atoms with van der Waals surface area (Å²) in [6, 6.07) is 8.92. The second kappa shape index (κ2) is 6.30. The van der Waals surface area contributed by atoms with Gasteiger partial charge in [-0.25, -0.2) is 9.78 Å². The lowest BCUT2D eigenvalue weighted by Gasteiger charge is -2.31. The number of benzene rings is 1. The van der Waals surface area contributed by atoms with Crippen molar-refractivity contribution in [2.24, 2.45) is 0 Å². The normalized spacial score (nSPS) is 19.6. The summed E-state index contributed by atoms with van der Waals surface area (Å²) in [5.74, 6) is 0. The fourth-order valence-corrected chi connectivity index (χ4v) is 4.08. The largest absolute Gasteiger partial charge is 0.336 e. The SMILES string of the molecule is CN(C(=O)NC[C@@H]1c2ccccc2-c2cncn21)C1CCCCC1. The topological polar surface area (TPSA) is 50.2 Å². The highest BCUT2D eigenvalue weighted by molar-refractivity contribution is 5.75.